The summed E-state index contributed by atoms with van der Waals surface area (Å²) in [7, 11) is 0. The van der Waals surface area contributed by atoms with Crippen LogP contribution in [0.4, 0.5) is 36.3 Å². The Hall–Kier alpha value is -5.50. The molecular weight excluding hydrogens is 637 g/mol. The number of hydrogen-bond donors (Lipinski definition) is 2. The summed E-state index contributed by atoms with van der Waals surface area (Å²) in [6, 6.07) is 17.7. The second kappa shape index (κ2) is 14.7. The van der Waals surface area contributed by atoms with E-state index in [0.717, 1.165) is 41.4 Å². The predicted octanol–water partition coefficient (Wildman–Crippen LogP) is 4.43. The fourth-order valence-electron chi connectivity index (χ4n) is 5.72. The molecule has 254 valence electrons. The van der Waals surface area contributed by atoms with Crippen LogP contribution in [0, 0.1) is 0 Å². The largest absolute Gasteiger partial charge is 0.417 e. The van der Waals surface area contributed by atoms with Gasteiger partial charge in [0.05, 0.1) is 30.9 Å². The minimum Gasteiger partial charge on any atom is -0.378 e. The van der Waals surface area contributed by atoms with Crippen LogP contribution in [0.15, 0.2) is 85.2 Å². The molecule has 0 bridgehead atoms. The van der Waals surface area contributed by atoms with Crippen LogP contribution in [0.25, 0.3) is 16.8 Å². The summed E-state index contributed by atoms with van der Waals surface area (Å²) >= 11 is 0. The third kappa shape index (κ3) is 8.51. The Kier molecular flexibility index (Phi) is 10.0. The molecule has 2 aliphatic heterocycles. The first-order valence-electron chi connectivity index (χ1n) is 15.8. The number of pyridine rings is 1. The smallest absolute Gasteiger partial charge is 0.378 e. The van der Waals surface area contributed by atoms with Gasteiger partial charge in [0.25, 0.3) is 0 Å². The molecule has 0 atom stereocenters. The molecule has 4 aromatic rings. The zero-order chi connectivity index (χ0) is 34.4. The summed E-state index contributed by atoms with van der Waals surface area (Å²) < 4.78 is 46.4. The number of nitrogens with one attached hydrogen (secondary N) is 1. The molecule has 3 N–H and O–H groups in total. The normalized spacial score (nSPS) is 15.7. The first-order chi connectivity index (χ1) is 23.6. The van der Waals surface area contributed by atoms with Crippen molar-refractivity contribution in [1.29, 1.82) is 0 Å². The number of carbonyl (C=O) groups excluding carboxylic acids is 2. The number of benzene rings is 2. The Morgan fingerprint density at radius 3 is 2.20 bits per heavy atom. The number of alkyl halides is 3. The van der Waals surface area contributed by atoms with Crippen molar-refractivity contribution in [2.75, 3.05) is 73.3 Å². The highest BCUT2D eigenvalue weighted by Gasteiger charge is 2.35. The summed E-state index contributed by atoms with van der Waals surface area (Å²) in [5, 5.41) is 2.48. The highest BCUT2D eigenvalue weighted by Crippen LogP contribution is 2.34. The molecule has 2 amide bonds. The van der Waals surface area contributed by atoms with E-state index in [-0.39, 0.29) is 23.8 Å². The van der Waals surface area contributed by atoms with Crippen LogP contribution < -0.4 is 20.9 Å². The summed E-state index contributed by atoms with van der Waals surface area (Å²) in [4.78, 5) is 45.1. The Bertz CT molecular complexity index is 1790. The van der Waals surface area contributed by atoms with Crippen LogP contribution in [0.3, 0.4) is 0 Å². The Labute approximate surface area is 281 Å². The molecule has 0 aliphatic carbocycles. The van der Waals surface area contributed by atoms with Crippen LogP contribution in [0.1, 0.15) is 11.1 Å². The van der Waals surface area contributed by atoms with Gasteiger partial charge in [-0.15, -0.1) is 0 Å². The van der Waals surface area contributed by atoms with Crippen molar-refractivity contribution < 1.29 is 27.5 Å². The van der Waals surface area contributed by atoms with Crippen LogP contribution in [0.2, 0.25) is 0 Å². The lowest BCUT2D eigenvalue weighted by atomic mass is 10.0. The van der Waals surface area contributed by atoms with E-state index >= 15 is 0 Å². The summed E-state index contributed by atoms with van der Waals surface area (Å²) in [6.45, 7) is 5.00. The summed E-state index contributed by atoms with van der Waals surface area (Å²) in [5.74, 6) is 0.0732. The van der Waals surface area contributed by atoms with Gasteiger partial charge in [-0.25, -0.2) is 15.0 Å². The van der Waals surface area contributed by atoms with Gasteiger partial charge < -0.3 is 30.5 Å². The van der Waals surface area contributed by atoms with Gasteiger partial charge in [-0.05, 0) is 29.3 Å². The lowest BCUT2D eigenvalue weighted by molar-refractivity contribution is -0.130. The molecule has 14 heteroatoms. The molecule has 0 saturated carbocycles. The fraction of sp³-hybridized carbons (Fsp3) is 0.286. The van der Waals surface area contributed by atoms with Crippen LogP contribution in [0.5, 0.6) is 0 Å². The van der Waals surface area contributed by atoms with E-state index in [1.54, 1.807) is 42.7 Å². The van der Waals surface area contributed by atoms with E-state index in [1.165, 1.54) is 24.3 Å². The monoisotopic (exact) mass is 672 g/mol. The highest BCUT2D eigenvalue weighted by molar-refractivity contribution is 6.04. The number of amides is 2. The zero-order valence-electron chi connectivity index (χ0n) is 26.6. The molecule has 2 fully saturated rings. The molecule has 6 rings (SSSR count). The topological polar surface area (TPSA) is 130 Å². The maximum absolute atomic E-state index is 13.6. The van der Waals surface area contributed by atoms with Gasteiger partial charge in [-0.1, -0.05) is 42.5 Å². The van der Waals surface area contributed by atoms with E-state index in [0.29, 0.717) is 51.2 Å². The number of hydrogen-bond acceptors (Lipinski definition) is 9. The van der Waals surface area contributed by atoms with Crippen molar-refractivity contribution in [2.24, 2.45) is 0 Å². The molecule has 49 heavy (non-hydrogen) atoms. The van der Waals surface area contributed by atoms with Crippen molar-refractivity contribution >= 4 is 40.5 Å². The molecule has 0 spiro atoms. The number of morpholine rings is 1. The molecule has 0 unspecified atom stereocenters. The van der Waals surface area contributed by atoms with Crippen LogP contribution in [-0.2, 0) is 20.7 Å². The number of nitrogens with zero attached hydrogens (tertiary/aromatic N) is 6. The van der Waals surface area contributed by atoms with Crippen molar-refractivity contribution in [3.8, 4) is 11.3 Å². The maximum Gasteiger partial charge on any atom is 0.417 e. The fourth-order valence-corrected chi connectivity index (χ4v) is 5.72. The molecule has 2 saturated heterocycles. The number of aromatic nitrogens is 3. The van der Waals surface area contributed by atoms with Crippen molar-refractivity contribution in [2.45, 2.75) is 12.6 Å². The van der Waals surface area contributed by atoms with Gasteiger partial charge in [-0.3, -0.25) is 9.59 Å². The molecule has 2 aliphatic rings. The van der Waals surface area contributed by atoms with E-state index in [2.05, 4.69) is 31.2 Å². The minimum absolute atomic E-state index is 0.0412. The van der Waals surface area contributed by atoms with Crippen molar-refractivity contribution in [3.05, 3.63) is 96.3 Å². The van der Waals surface area contributed by atoms with Crippen LogP contribution in [-0.4, -0.2) is 90.3 Å². The third-order valence-corrected chi connectivity index (χ3v) is 8.34. The maximum atomic E-state index is 13.6. The lowest BCUT2D eigenvalue weighted by Crippen LogP contribution is -2.49. The first-order valence-corrected chi connectivity index (χ1v) is 15.8. The van der Waals surface area contributed by atoms with Gasteiger partial charge in [0, 0.05) is 80.7 Å². The molecule has 2 aromatic heterocycles. The van der Waals surface area contributed by atoms with Gasteiger partial charge in [0.15, 0.2) is 0 Å². The van der Waals surface area contributed by atoms with E-state index in [4.69, 9.17) is 15.5 Å². The van der Waals surface area contributed by atoms with E-state index in [1.807, 2.05) is 11.0 Å². The number of anilines is 4. The third-order valence-electron chi connectivity index (χ3n) is 8.34. The van der Waals surface area contributed by atoms with Crippen LogP contribution >= 0.6 is 0 Å². The highest BCUT2D eigenvalue weighted by atomic mass is 19.4. The first kappa shape index (κ1) is 33.4. The number of rotatable bonds is 8. The number of nitrogen functional groups attached to an aromatic ring is 1. The van der Waals surface area contributed by atoms with E-state index < -0.39 is 17.7 Å². The van der Waals surface area contributed by atoms with Crippen molar-refractivity contribution in [3.63, 3.8) is 0 Å². The molecule has 4 heterocycles. The van der Waals surface area contributed by atoms with Gasteiger partial charge in [0.1, 0.15) is 5.82 Å². The van der Waals surface area contributed by atoms with Gasteiger partial charge >= 0.3 is 6.18 Å². The number of allylic oxidation sites excluding steroid dienone is 1. The number of halogens is 3. The molecule has 2 aromatic carbocycles. The molecular formula is C35H35F3N8O3. The average Bonchev–Trinajstić information content (AvgIpc) is 3.12. The molecule has 11 nitrogen and oxygen atoms in total. The van der Waals surface area contributed by atoms with Gasteiger partial charge in [-0.2, -0.15) is 13.2 Å². The van der Waals surface area contributed by atoms with E-state index in [9.17, 15) is 22.8 Å². The number of ether oxygens (including phenoxy) is 1. The minimum atomic E-state index is -4.70. The Morgan fingerprint density at radius 1 is 0.878 bits per heavy atom. The Morgan fingerprint density at radius 2 is 1.55 bits per heavy atom. The number of nitrogens with two attached hydrogens (primary N) is 1. The second-order valence-electron chi connectivity index (χ2n) is 11.7. The second-order valence-corrected chi connectivity index (χ2v) is 11.7. The summed E-state index contributed by atoms with van der Waals surface area (Å²) in [5.41, 5.74) is 8.06. The summed E-state index contributed by atoms with van der Waals surface area (Å²) in [6.07, 6.45) is -0.690. The SMILES string of the molecule is Nc1ncc(-c2cc(N3CCN(C(=O)Cc4ccc(NC(=O)C=C(c5ccccc5)C(F)(F)F)cc4)CC3)cc(N3CCOCC3)n2)cn1. The van der Waals surface area contributed by atoms with Gasteiger partial charge in [0.2, 0.25) is 17.8 Å². The zero-order valence-corrected chi connectivity index (χ0v) is 26.6. The molecule has 0 radical (unpaired) electrons. The lowest BCUT2D eigenvalue weighted by Gasteiger charge is -2.37. The standard InChI is InChI=1S/C35H35F3N8O3/c36-35(37,38)29(25-4-2-1-3-5-25)21-32(47)42-27-8-6-24(7-9-27)18-33(48)46-12-10-44(11-13-46)28-19-30(26-22-40-34(39)41-23-26)43-31(20-28)45-14-16-49-17-15-45/h1-9,19-23H,10-18H2,(H,42,47)(H2,39,40,41). The predicted molar refractivity (Wildman–Crippen MR) is 181 cm³/mol. The Balaban J connectivity index is 1.07. The number of piperazine rings is 1. The number of carbonyl (C=O) groups is 2. The quantitative estimate of drug-likeness (QED) is 0.261. The average molecular weight is 673 g/mol. The van der Waals surface area contributed by atoms with Crippen molar-refractivity contribution in [1.82, 2.24) is 19.9 Å².